The molecular weight excluding hydrogens is 246 g/mol. The zero-order valence-corrected chi connectivity index (χ0v) is 13.2. The van der Waals surface area contributed by atoms with Crippen molar-refractivity contribution in [1.29, 1.82) is 0 Å². The molecule has 0 saturated heterocycles. The number of anilines is 1. The topological polar surface area (TPSA) is 29.9 Å². The van der Waals surface area contributed by atoms with Gasteiger partial charge in [-0.05, 0) is 44.4 Å². The largest absolute Gasteiger partial charge is 0.381 e. The number of rotatable bonds is 5. The fourth-order valence-electron chi connectivity index (χ4n) is 2.47. The van der Waals surface area contributed by atoms with E-state index in [-0.39, 0.29) is 0 Å². The molecule has 0 spiro atoms. The highest BCUT2D eigenvalue weighted by atomic mass is 15.3. The molecule has 0 unspecified atom stereocenters. The minimum atomic E-state index is 0.580. The SMILES string of the molecule is CCn1nc(C)c(CNc2ccc(C(C)C)cc2)c1C. The lowest BCUT2D eigenvalue weighted by atomic mass is 10.0. The van der Waals surface area contributed by atoms with E-state index < -0.39 is 0 Å². The van der Waals surface area contributed by atoms with Crippen molar-refractivity contribution in [2.45, 2.75) is 53.6 Å². The molecule has 3 nitrogen and oxygen atoms in total. The lowest BCUT2D eigenvalue weighted by Crippen LogP contribution is -2.03. The van der Waals surface area contributed by atoms with Gasteiger partial charge in [0.2, 0.25) is 0 Å². The van der Waals surface area contributed by atoms with Crippen molar-refractivity contribution < 1.29 is 0 Å². The van der Waals surface area contributed by atoms with Gasteiger partial charge in [0.1, 0.15) is 0 Å². The number of hydrogen-bond donors (Lipinski definition) is 1. The fourth-order valence-corrected chi connectivity index (χ4v) is 2.47. The number of benzene rings is 1. The molecule has 0 aliphatic heterocycles. The van der Waals surface area contributed by atoms with Gasteiger partial charge >= 0.3 is 0 Å². The van der Waals surface area contributed by atoms with E-state index in [2.05, 4.69) is 74.0 Å². The number of hydrogen-bond acceptors (Lipinski definition) is 2. The summed E-state index contributed by atoms with van der Waals surface area (Å²) in [6.07, 6.45) is 0. The highest BCUT2D eigenvalue weighted by Gasteiger charge is 2.10. The molecule has 1 aromatic carbocycles. The number of aromatic nitrogens is 2. The summed E-state index contributed by atoms with van der Waals surface area (Å²) in [7, 11) is 0. The van der Waals surface area contributed by atoms with Crippen LogP contribution in [0.25, 0.3) is 0 Å². The molecule has 0 saturated carbocycles. The monoisotopic (exact) mass is 271 g/mol. The molecule has 1 heterocycles. The Morgan fingerprint density at radius 2 is 1.80 bits per heavy atom. The van der Waals surface area contributed by atoms with Crippen LogP contribution in [0.15, 0.2) is 24.3 Å². The summed E-state index contributed by atoms with van der Waals surface area (Å²) in [4.78, 5) is 0. The average Bonchev–Trinajstić information content (AvgIpc) is 2.71. The van der Waals surface area contributed by atoms with E-state index in [1.54, 1.807) is 0 Å². The lowest BCUT2D eigenvalue weighted by molar-refractivity contribution is 0.633. The summed E-state index contributed by atoms with van der Waals surface area (Å²) in [5.74, 6) is 0.580. The summed E-state index contributed by atoms with van der Waals surface area (Å²) in [6, 6.07) is 8.71. The molecule has 2 rings (SSSR count). The molecule has 1 N–H and O–H groups in total. The molecule has 0 aliphatic rings. The van der Waals surface area contributed by atoms with Crippen LogP contribution in [0.5, 0.6) is 0 Å². The molecule has 2 aromatic rings. The lowest BCUT2D eigenvalue weighted by Gasteiger charge is -2.10. The van der Waals surface area contributed by atoms with Crippen molar-refractivity contribution >= 4 is 5.69 Å². The maximum Gasteiger partial charge on any atom is 0.0646 e. The molecule has 0 amide bonds. The van der Waals surface area contributed by atoms with Gasteiger partial charge in [-0.1, -0.05) is 26.0 Å². The van der Waals surface area contributed by atoms with E-state index in [1.165, 1.54) is 16.8 Å². The van der Waals surface area contributed by atoms with Crippen molar-refractivity contribution in [2.24, 2.45) is 0 Å². The smallest absolute Gasteiger partial charge is 0.0646 e. The van der Waals surface area contributed by atoms with E-state index in [0.717, 1.165) is 24.5 Å². The minimum absolute atomic E-state index is 0.580. The van der Waals surface area contributed by atoms with Crippen LogP contribution in [0.3, 0.4) is 0 Å². The predicted molar refractivity (Wildman–Crippen MR) is 85.2 cm³/mol. The van der Waals surface area contributed by atoms with Crippen LogP contribution in [0.1, 0.15) is 49.2 Å². The minimum Gasteiger partial charge on any atom is -0.381 e. The Morgan fingerprint density at radius 1 is 1.15 bits per heavy atom. The van der Waals surface area contributed by atoms with Gasteiger partial charge in [0.15, 0.2) is 0 Å². The normalized spacial score (nSPS) is 11.1. The van der Waals surface area contributed by atoms with Crippen LogP contribution >= 0.6 is 0 Å². The van der Waals surface area contributed by atoms with Crippen LogP contribution in [-0.4, -0.2) is 9.78 Å². The summed E-state index contributed by atoms with van der Waals surface area (Å²) in [5, 5.41) is 8.05. The zero-order chi connectivity index (χ0) is 14.7. The maximum absolute atomic E-state index is 4.55. The molecule has 0 aliphatic carbocycles. The van der Waals surface area contributed by atoms with Crippen LogP contribution in [0.4, 0.5) is 5.69 Å². The second-order valence-corrected chi connectivity index (χ2v) is 5.60. The fraction of sp³-hybridized carbons (Fsp3) is 0.471. The highest BCUT2D eigenvalue weighted by Crippen LogP contribution is 2.19. The standard InChI is InChI=1S/C17H25N3/c1-6-20-14(5)17(13(4)19-20)11-18-16-9-7-15(8-10-16)12(2)3/h7-10,12,18H,6,11H2,1-5H3. The van der Waals surface area contributed by atoms with Crippen molar-refractivity contribution in [3.8, 4) is 0 Å². The van der Waals surface area contributed by atoms with E-state index in [4.69, 9.17) is 0 Å². The van der Waals surface area contributed by atoms with Gasteiger partial charge in [0.05, 0.1) is 5.69 Å². The molecule has 108 valence electrons. The first-order chi connectivity index (χ1) is 9.52. The van der Waals surface area contributed by atoms with Crippen LogP contribution in [0.2, 0.25) is 0 Å². The Kier molecular flexibility index (Phi) is 4.48. The number of aryl methyl sites for hydroxylation is 2. The summed E-state index contributed by atoms with van der Waals surface area (Å²) >= 11 is 0. The van der Waals surface area contributed by atoms with Crippen molar-refractivity contribution in [2.75, 3.05) is 5.32 Å². The summed E-state index contributed by atoms with van der Waals surface area (Å²) in [5.41, 5.74) is 6.23. The Hall–Kier alpha value is -1.77. The van der Waals surface area contributed by atoms with Gasteiger partial charge < -0.3 is 5.32 Å². The first-order valence-electron chi connectivity index (χ1n) is 7.39. The molecule has 20 heavy (non-hydrogen) atoms. The molecular formula is C17H25N3. The van der Waals surface area contributed by atoms with E-state index in [9.17, 15) is 0 Å². The predicted octanol–water partition coefficient (Wildman–Crippen LogP) is 4.26. The van der Waals surface area contributed by atoms with E-state index in [0.29, 0.717) is 5.92 Å². The van der Waals surface area contributed by atoms with Gasteiger partial charge in [0, 0.05) is 30.0 Å². The van der Waals surface area contributed by atoms with Gasteiger partial charge in [-0.2, -0.15) is 5.10 Å². The highest BCUT2D eigenvalue weighted by molar-refractivity contribution is 5.46. The van der Waals surface area contributed by atoms with Gasteiger partial charge in [-0.15, -0.1) is 0 Å². The van der Waals surface area contributed by atoms with Gasteiger partial charge in [-0.25, -0.2) is 0 Å². The molecule has 0 atom stereocenters. The van der Waals surface area contributed by atoms with E-state index >= 15 is 0 Å². The number of nitrogens with one attached hydrogen (secondary N) is 1. The zero-order valence-electron chi connectivity index (χ0n) is 13.2. The quantitative estimate of drug-likeness (QED) is 0.880. The van der Waals surface area contributed by atoms with Gasteiger partial charge in [0.25, 0.3) is 0 Å². The Labute approximate surface area is 122 Å². The van der Waals surface area contributed by atoms with Crippen molar-refractivity contribution in [1.82, 2.24) is 9.78 Å². The average molecular weight is 271 g/mol. The molecule has 1 aromatic heterocycles. The summed E-state index contributed by atoms with van der Waals surface area (Å²) < 4.78 is 2.06. The Balaban J connectivity index is 2.07. The molecule has 0 fully saturated rings. The second-order valence-electron chi connectivity index (χ2n) is 5.60. The third-order valence-electron chi connectivity index (χ3n) is 3.88. The van der Waals surface area contributed by atoms with Gasteiger partial charge in [-0.3, -0.25) is 4.68 Å². The Bertz CT molecular complexity index is 565. The maximum atomic E-state index is 4.55. The molecule has 3 heteroatoms. The molecule has 0 radical (unpaired) electrons. The number of nitrogens with zero attached hydrogens (tertiary/aromatic N) is 2. The van der Waals surface area contributed by atoms with Crippen molar-refractivity contribution in [3.63, 3.8) is 0 Å². The first kappa shape index (κ1) is 14.6. The third-order valence-corrected chi connectivity index (χ3v) is 3.88. The first-order valence-corrected chi connectivity index (χ1v) is 7.39. The van der Waals surface area contributed by atoms with Crippen LogP contribution in [-0.2, 0) is 13.1 Å². The second kappa shape index (κ2) is 6.12. The molecule has 0 bridgehead atoms. The van der Waals surface area contributed by atoms with Crippen LogP contribution in [0, 0.1) is 13.8 Å². The summed E-state index contributed by atoms with van der Waals surface area (Å²) in [6.45, 7) is 12.5. The third kappa shape index (κ3) is 3.03. The Morgan fingerprint density at radius 3 is 2.30 bits per heavy atom. The van der Waals surface area contributed by atoms with Crippen LogP contribution < -0.4 is 5.32 Å². The van der Waals surface area contributed by atoms with E-state index in [1.807, 2.05) is 0 Å². The van der Waals surface area contributed by atoms with Crippen molar-refractivity contribution in [3.05, 3.63) is 46.8 Å².